The molecular weight excluding hydrogens is 178 g/mol. The van der Waals surface area contributed by atoms with Gasteiger partial charge in [0, 0.05) is 6.20 Å². The Morgan fingerprint density at radius 2 is 2.25 bits per heavy atom. The number of hydrogen-bond acceptors (Lipinski definition) is 3. The summed E-state index contributed by atoms with van der Waals surface area (Å²) in [6.45, 7) is 1.63. The van der Waals surface area contributed by atoms with Crippen LogP contribution in [0.4, 0.5) is 0 Å². The first-order chi connectivity index (χ1) is 5.53. The molecular formula is C7H9NO3S. The van der Waals surface area contributed by atoms with Crippen LogP contribution in [-0.2, 0) is 14.6 Å². The van der Waals surface area contributed by atoms with Crippen LogP contribution in [0.5, 0.6) is 0 Å². The Morgan fingerprint density at radius 3 is 2.83 bits per heavy atom. The van der Waals surface area contributed by atoms with Crippen molar-refractivity contribution in [3.05, 3.63) is 12.3 Å². The molecule has 0 unspecified atom stereocenters. The van der Waals surface area contributed by atoms with Crippen molar-refractivity contribution in [2.24, 2.45) is 0 Å². The number of hydrogen-bond donors (Lipinski definition) is 0. The van der Waals surface area contributed by atoms with Crippen molar-refractivity contribution >= 4 is 15.7 Å². The number of amides is 1. The lowest BCUT2D eigenvalue weighted by Crippen LogP contribution is -2.57. The average Bonchev–Trinajstić information content (AvgIpc) is 1.97. The van der Waals surface area contributed by atoms with Crippen molar-refractivity contribution in [2.45, 2.75) is 24.0 Å². The summed E-state index contributed by atoms with van der Waals surface area (Å²) in [5.74, 6) is -0.105. The number of fused-ring (bicyclic) bond motifs is 1. The molecule has 0 aromatic rings. The Balaban J connectivity index is 2.43. The van der Waals surface area contributed by atoms with Crippen LogP contribution >= 0.6 is 0 Å². The zero-order chi connectivity index (χ0) is 8.93. The van der Waals surface area contributed by atoms with Gasteiger partial charge in [-0.3, -0.25) is 4.79 Å². The number of nitrogens with zero attached hydrogens (tertiary/aromatic N) is 1. The summed E-state index contributed by atoms with van der Waals surface area (Å²) in [5.41, 5.74) is 0. The molecule has 2 atom stereocenters. The van der Waals surface area contributed by atoms with Gasteiger partial charge in [-0.25, -0.2) is 8.42 Å². The molecule has 0 spiro atoms. The Labute approximate surface area is 70.8 Å². The highest BCUT2D eigenvalue weighted by Crippen LogP contribution is 2.31. The van der Waals surface area contributed by atoms with E-state index in [4.69, 9.17) is 0 Å². The van der Waals surface area contributed by atoms with E-state index >= 15 is 0 Å². The number of carbonyl (C=O) groups excluding carboxylic acids is 1. The first kappa shape index (κ1) is 7.79. The van der Waals surface area contributed by atoms with Gasteiger partial charge in [0.1, 0.15) is 5.37 Å². The van der Waals surface area contributed by atoms with Crippen LogP contribution in [0.2, 0.25) is 0 Å². The molecule has 0 aromatic carbocycles. The average molecular weight is 187 g/mol. The molecule has 0 aromatic heterocycles. The van der Waals surface area contributed by atoms with E-state index in [2.05, 4.69) is 0 Å². The van der Waals surface area contributed by atoms with Gasteiger partial charge in [0.05, 0.1) is 11.7 Å². The van der Waals surface area contributed by atoms with E-state index in [0.717, 1.165) is 0 Å². The normalized spacial score (nSPS) is 37.4. The Bertz CT molecular complexity index is 357. The second-order valence-corrected chi connectivity index (χ2v) is 5.56. The van der Waals surface area contributed by atoms with E-state index in [1.54, 1.807) is 19.2 Å². The number of sulfone groups is 1. The fourth-order valence-corrected chi connectivity index (χ4v) is 3.09. The van der Waals surface area contributed by atoms with Gasteiger partial charge in [-0.1, -0.05) is 6.08 Å². The monoisotopic (exact) mass is 187 g/mol. The maximum absolute atomic E-state index is 11.5. The molecule has 1 fully saturated rings. The molecule has 5 heteroatoms. The van der Waals surface area contributed by atoms with E-state index in [1.165, 1.54) is 4.90 Å². The molecule has 12 heavy (non-hydrogen) atoms. The highest BCUT2D eigenvalue weighted by atomic mass is 32.2. The summed E-state index contributed by atoms with van der Waals surface area (Å²) >= 11 is 0. The molecule has 4 nitrogen and oxygen atoms in total. The van der Waals surface area contributed by atoms with Crippen molar-refractivity contribution in [3.8, 4) is 0 Å². The maximum atomic E-state index is 11.5. The zero-order valence-corrected chi connectivity index (χ0v) is 7.41. The fraction of sp³-hybridized carbons (Fsp3) is 0.571. The van der Waals surface area contributed by atoms with Crippen molar-refractivity contribution in [1.29, 1.82) is 0 Å². The summed E-state index contributed by atoms with van der Waals surface area (Å²) in [6, 6.07) is 0. The van der Waals surface area contributed by atoms with Crippen LogP contribution < -0.4 is 0 Å². The maximum Gasteiger partial charge on any atom is 0.230 e. The summed E-state index contributed by atoms with van der Waals surface area (Å²) < 4.78 is 22.9. The highest BCUT2D eigenvalue weighted by Gasteiger charge is 2.47. The molecule has 2 aliphatic heterocycles. The van der Waals surface area contributed by atoms with Crippen molar-refractivity contribution < 1.29 is 13.2 Å². The molecule has 66 valence electrons. The third kappa shape index (κ3) is 0.769. The van der Waals surface area contributed by atoms with Gasteiger partial charge in [0.25, 0.3) is 0 Å². The molecule has 0 bridgehead atoms. The molecule has 0 N–H and O–H groups in total. The van der Waals surface area contributed by atoms with E-state index < -0.39 is 20.5 Å². The molecule has 0 saturated carbocycles. The lowest BCUT2D eigenvalue weighted by molar-refractivity contribution is -0.138. The van der Waals surface area contributed by atoms with Gasteiger partial charge >= 0.3 is 0 Å². The van der Waals surface area contributed by atoms with Crippen molar-refractivity contribution in [1.82, 2.24) is 4.90 Å². The summed E-state index contributed by atoms with van der Waals surface area (Å²) in [4.78, 5) is 12.2. The predicted octanol–water partition coefficient (Wildman–Crippen LogP) is -0.125. The lowest BCUT2D eigenvalue weighted by atomic mass is 10.2. The summed E-state index contributed by atoms with van der Waals surface area (Å²) in [7, 11) is -3.12. The van der Waals surface area contributed by atoms with Gasteiger partial charge in [0.15, 0.2) is 9.84 Å². The van der Waals surface area contributed by atoms with E-state index in [-0.39, 0.29) is 12.3 Å². The van der Waals surface area contributed by atoms with Crippen molar-refractivity contribution in [2.75, 3.05) is 0 Å². The van der Waals surface area contributed by atoms with Crippen LogP contribution in [0, 0.1) is 0 Å². The van der Waals surface area contributed by atoms with Gasteiger partial charge in [0.2, 0.25) is 5.91 Å². The minimum atomic E-state index is -3.12. The fourth-order valence-electron chi connectivity index (χ4n) is 1.43. The third-order valence-corrected chi connectivity index (χ3v) is 4.71. The molecule has 2 aliphatic rings. The standard InChI is InChI=1S/C7H9NO3S/c1-5-2-3-8-6(9)4-7(8)12(5,10)11/h2-3,5,7H,4H2,1H3/t5-,7-/m1/s1. The zero-order valence-electron chi connectivity index (χ0n) is 6.60. The summed E-state index contributed by atoms with van der Waals surface area (Å²) in [5, 5.41) is -1.03. The number of β-lactam (4-membered cyclic amide) rings is 1. The van der Waals surface area contributed by atoms with E-state index in [1.807, 2.05) is 0 Å². The van der Waals surface area contributed by atoms with Crippen LogP contribution in [0.15, 0.2) is 12.3 Å². The first-order valence-corrected chi connectivity index (χ1v) is 5.36. The van der Waals surface area contributed by atoms with E-state index in [9.17, 15) is 13.2 Å². The van der Waals surface area contributed by atoms with Crippen LogP contribution in [0.3, 0.4) is 0 Å². The van der Waals surface area contributed by atoms with Gasteiger partial charge < -0.3 is 4.90 Å². The molecule has 0 radical (unpaired) electrons. The minimum absolute atomic E-state index is 0.105. The molecule has 1 saturated heterocycles. The van der Waals surface area contributed by atoms with Gasteiger partial charge in [-0.15, -0.1) is 0 Å². The second kappa shape index (κ2) is 2.10. The smallest absolute Gasteiger partial charge is 0.230 e. The van der Waals surface area contributed by atoms with Crippen LogP contribution in [-0.4, -0.2) is 29.8 Å². The molecule has 0 aliphatic carbocycles. The Kier molecular flexibility index (Phi) is 1.36. The number of rotatable bonds is 0. The molecule has 2 rings (SSSR count). The topological polar surface area (TPSA) is 54.5 Å². The lowest BCUT2D eigenvalue weighted by Gasteiger charge is -2.40. The number of carbonyl (C=O) groups is 1. The minimum Gasteiger partial charge on any atom is -0.301 e. The van der Waals surface area contributed by atoms with Crippen LogP contribution in [0.1, 0.15) is 13.3 Å². The third-order valence-electron chi connectivity index (χ3n) is 2.36. The SMILES string of the molecule is C[C@@H]1C=CN2C(=O)C[C@H]2S1(=O)=O. The van der Waals surface area contributed by atoms with Gasteiger partial charge in [-0.2, -0.15) is 0 Å². The largest absolute Gasteiger partial charge is 0.301 e. The Hall–Kier alpha value is -0.840. The van der Waals surface area contributed by atoms with Crippen molar-refractivity contribution in [3.63, 3.8) is 0 Å². The summed E-state index contributed by atoms with van der Waals surface area (Å²) in [6.07, 6.45) is 3.27. The van der Waals surface area contributed by atoms with Gasteiger partial charge in [-0.05, 0) is 6.92 Å². The van der Waals surface area contributed by atoms with Crippen LogP contribution in [0.25, 0.3) is 0 Å². The highest BCUT2D eigenvalue weighted by molar-refractivity contribution is 7.92. The second-order valence-electron chi connectivity index (χ2n) is 3.10. The first-order valence-electron chi connectivity index (χ1n) is 3.75. The Morgan fingerprint density at radius 1 is 1.58 bits per heavy atom. The molecule has 1 amide bonds. The predicted molar refractivity (Wildman–Crippen MR) is 42.8 cm³/mol. The quantitative estimate of drug-likeness (QED) is 0.497. The molecule has 2 heterocycles. The van der Waals surface area contributed by atoms with E-state index in [0.29, 0.717) is 0 Å².